The number of carbonyl (C=O) groups is 1. The van der Waals surface area contributed by atoms with Crippen molar-refractivity contribution >= 4 is 51.1 Å². The number of nitrogens with zero attached hydrogens (tertiary/aromatic N) is 4. The lowest BCUT2D eigenvalue weighted by molar-refractivity contribution is -0.384. The highest BCUT2D eigenvalue weighted by atomic mass is 32.2. The zero-order chi connectivity index (χ0) is 24.8. The second kappa shape index (κ2) is 10.9. The molecule has 0 spiro atoms. The molecule has 4 rings (SSSR count). The molecule has 0 fully saturated rings. The molecule has 9 nitrogen and oxygen atoms in total. The van der Waals surface area contributed by atoms with Crippen molar-refractivity contribution in [2.24, 2.45) is 5.10 Å². The highest BCUT2D eigenvalue weighted by Crippen LogP contribution is 2.32. The molecule has 0 bridgehead atoms. The van der Waals surface area contributed by atoms with Crippen LogP contribution in [0, 0.1) is 10.1 Å². The van der Waals surface area contributed by atoms with E-state index in [0.29, 0.717) is 20.9 Å². The Bertz CT molecular complexity index is 1500. The Hall–Kier alpha value is -4.09. The summed E-state index contributed by atoms with van der Waals surface area (Å²) < 4.78 is 1.50. The van der Waals surface area contributed by atoms with Gasteiger partial charge < -0.3 is 0 Å². The van der Waals surface area contributed by atoms with Gasteiger partial charge in [0.1, 0.15) is 4.83 Å². The first-order valence-electron chi connectivity index (χ1n) is 10.4. The van der Waals surface area contributed by atoms with E-state index in [2.05, 4.69) is 22.1 Å². The van der Waals surface area contributed by atoms with E-state index >= 15 is 0 Å². The minimum atomic E-state index is -0.504. The van der Waals surface area contributed by atoms with Gasteiger partial charge in [-0.2, -0.15) is 5.10 Å². The van der Waals surface area contributed by atoms with Crippen molar-refractivity contribution in [2.75, 3.05) is 5.75 Å². The number of hydrogen-bond acceptors (Lipinski definition) is 8. The molecule has 2 aromatic carbocycles. The average Bonchev–Trinajstić information content (AvgIpc) is 3.30. The summed E-state index contributed by atoms with van der Waals surface area (Å²) >= 11 is 2.49. The maximum absolute atomic E-state index is 13.3. The highest BCUT2D eigenvalue weighted by Gasteiger charge is 2.17. The topological polar surface area (TPSA) is 119 Å². The molecule has 0 unspecified atom stereocenters. The summed E-state index contributed by atoms with van der Waals surface area (Å²) in [6.45, 7) is 3.98. The number of amides is 1. The van der Waals surface area contributed by atoms with Gasteiger partial charge in [-0.3, -0.25) is 24.3 Å². The summed E-state index contributed by atoms with van der Waals surface area (Å²) in [7, 11) is 0. The Morgan fingerprint density at radius 3 is 2.80 bits per heavy atom. The normalized spacial score (nSPS) is 11.1. The number of hydrogen-bond donors (Lipinski definition) is 1. The third-order valence-corrected chi connectivity index (χ3v) is 6.72. The van der Waals surface area contributed by atoms with Crippen LogP contribution in [0.4, 0.5) is 5.69 Å². The van der Waals surface area contributed by atoms with Crippen LogP contribution < -0.4 is 11.0 Å². The second-order valence-electron chi connectivity index (χ2n) is 7.23. The predicted octanol–water partition coefficient (Wildman–Crippen LogP) is 4.46. The van der Waals surface area contributed by atoms with Crippen molar-refractivity contribution in [3.63, 3.8) is 0 Å². The Kier molecular flexibility index (Phi) is 7.48. The zero-order valence-corrected chi connectivity index (χ0v) is 19.9. The van der Waals surface area contributed by atoms with Gasteiger partial charge in [-0.15, -0.1) is 17.9 Å². The lowest BCUT2D eigenvalue weighted by Gasteiger charge is -2.10. The van der Waals surface area contributed by atoms with E-state index in [4.69, 9.17) is 0 Å². The molecule has 0 aliphatic carbocycles. The van der Waals surface area contributed by atoms with Crippen molar-refractivity contribution < 1.29 is 9.72 Å². The first-order valence-corrected chi connectivity index (χ1v) is 12.2. The number of rotatable bonds is 9. The molecule has 0 saturated carbocycles. The fourth-order valence-electron chi connectivity index (χ4n) is 3.30. The van der Waals surface area contributed by atoms with E-state index in [1.165, 1.54) is 40.3 Å². The van der Waals surface area contributed by atoms with Crippen LogP contribution in [0.15, 0.2) is 87.7 Å². The van der Waals surface area contributed by atoms with Gasteiger partial charge in [0.05, 0.1) is 22.3 Å². The van der Waals surface area contributed by atoms with Crippen LogP contribution in [-0.2, 0) is 11.3 Å². The average molecular weight is 506 g/mol. The van der Waals surface area contributed by atoms with Gasteiger partial charge in [-0.05, 0) is 5.56 Å². The van der Waals surface area contributed by atoms with Gasteiger partial charge in [0.15, 0.2) is 5.16 Å². The minimum absolute atomic E-state index is 0.0295. The number of benzene rings is 2. The number of hydrazone groups is 1. The Morgan fingerprint density at radius 2 is 2.06 bits per heavy atom. The lowest BCUT2D eigenvalue weighted by Crippen LogP contribution is -2.24. The molecule has 0 aliphatic heterocycles. The maximum Gasteiger partial charge on any atom is 0.270 e. The van der Waals surface area contributed by atoms with Crippen LogP contribution in [0.5, 0.6) is 0 Å². The van der Waals surface area contributed by atoms with Crippen molar-refractivity contribution in [3.05, 3.63) is 98.7 Å². The number of thiophene rings is 1. The largest absolute Gasteiger partial charge is 0.283 e. The summed E-state index contributed by atoms with van der Waals surface area (Å²) in [6, 6.07) is 15.5. The quantitative estimate of drug-likeness (QED) is 0.0896. The first kappa shape index (κ1) is 24.0. The molecule has 0 atom stereocenters. The summed E-state index contributed by atoms with van der Waals surface area (Å²) in [5, 5.41) is 17.6. The van der Waals surface area contributed by atoms with Crippen LogP contribution in [0.3, 0.4) is 0 Å². The van der Waals surface area contributed by atoms with Crippen LogP contribution in [-0.4, -0.2) is 32.3 Å². The van der Waals surface area contributed by atoms with Crippen molar-refractivity contribution in [2.45, 2.75) is 11.7 Å². The van der Waals surface area contributed by atoms with Crippen LogP contribution >= 0.6 is 23.1 Å². The van der Waals surface area contributed by atoms with Gasteiger partial charge >= 0.3 is 0 Å². The number of fused-ring (bicyclic) bond motifs is 1. The number of thioether (sulfide) groups is 1. The summed E-state index contributed by atoms with van der Waals surface area (Å²) in [5.74, 6) is -0.439. The second-order valence-corrected chi connectivity index (χ2v) is 9.03. The van der Waals surface area contributed by atoms with Gasteiger partial charge in [-0.25, -0.2) is 10.4 Å². The molecule has 4 aromatic rings. The van der Waals surface area contributed by atoms with Gasteiger partial charge in [0.25, 0.3) is 17.2 Å². The minimum Gasteiger partial charge on any atom is -0.283 e. The summed E-state index contributed by atoms with van der Waals surface area (Å²) in [6.07, 6.45) is 2.93. The molecule has 1 amide bonds. The maximum atomic E-state index is 13.3. The third-order valence-electron chi connectivity index (χ3n) is 4.87. The summed E-state index contributed by atoms with van der Waals surface area (Å²) in [5.41, 5.74) is 4.36. The first-order chi connectivity index (χ1) is 17.0. The lowest BCUT2D eigenvalue weighted by atomic mass is 10.1. The van der Waals surface area contributed by atoms with E-state index in [1.54, 1.807) is 12.1 Å². The SMILES string of the molecule is C=CCn1c(SCC(=O)N/N=C/c2cccc([N+](=O)[O-])c2)nc2scc(-c3ccccc3)c2c1=O. The number of carbonyl (C=O) groups excluding carboxylic acids is 1. The number of aromatic nitrogens is 2. The molecule has 0 saturated heterocycles. The number of nitrogens with one attached hydrogen (secondary N) is 1. The molecule has 35 heavy (non-hydrogen) atoms. The zero-order valence-electron chi connectivity index (χ0n) is 18.3. The molecule has 11 heteroatoms. The van der Waals surface area contributed by atoms with Gasteiger partial charge in [0.2, 0.25) is 0 Å². The van der Waals surface area contributed by atoms with E-state index in [-0.39, 0.29) is 23.5 Å². The molecular weight excluding hydrogens is 486 g/mol. The monoisotopic (exact) mass is 505 g/mol. The van der Waals surface area contributed by atoms with E-state index < -0.39 is 10.8 Å². The molecule has 2 heterocycles. The van der Waals surface area contributed by atoms with Crippen LogP contribution in [0.1, 0.15) is 5.56 Å². The van der Waals surface area contributed by atoms with E-state index in [0.717, 1.165) is 22.9 Å². The molecule has 0 radical (unpaired) electrons. The van der Waals surface area contributed by atoms with Crippen LogP contribution in [0.2, 0.25) is 0 Å². The van der Waals surface area contributed by atoms with Crippen molar-refractivity contribution in [1.82, 2.24) is 15.0 Å². The number of non-ortho nitro benzene ring substituents is 1. The fraction of sp³-hybridized carbons (Fsp3) is 0.0833. The predicted molar refractivity (Wildman–Crippen MR) is 139 cm³/mol. The van der Waals surface area contributed by atoms with Crippen molar-refractivity contribution in [3.8, 4) is 11.1 Å². The Labute approximate surface area is 208 Å². The van der Waals surface area contributed by atoms with Crippen molar-refractivity contribution in [1.29, 1.82) is 0 Å². The molecule has 0 aliphatic rings. The van der Waals surface area contributed by atoms with Gasteiger partial charge in [0, 0.05) is 35.2 Å². The Balaban J connectivity index is 1.51. The highest BCUT2D eigenvalue weighted by molar-refractivity contribution is 7.99. The smallest absolute Gasteiger partial charge is 0.270 e. The number of nitro benzene ring substituents is 1. The fourth-order valence-corrected chi connectivity index (χ4v) is 5.09. The Morgan fingerprint density at radius 1 is 1.26 bits per heavy atom. The molecule has 2 aromatic heterocycles. The third kappa shape index (κ3) is 5.53. The number of allylic oxidation sites excluding steroid dienone is 1. The van der Waals surface area contributed by atoms with E-state index in [1.807, 2.05) is 35.7 Å². The standard InChI is InChI=1S/C24H19N5O4S2/c1-2-11-28-23(31)21-19(17-8-4-3-5-9-17)14-34-22(21)26-24(28)35-15-20(30)27-25-13-16-7-6-10-18(12-16)29(32)33/h2-10,12-14H,1,11,15H2,(H,27,30)/b25-13+. The summed E-state index contributed by atoms with van der Waals surface area (Å²) in [4.78, 5) is 41.2. The molecular formula is C24H19N5O4S2. The molecule has 1 N–H and O–H groups in total. The van der Waals surface area contributed by atoms with Crippen LogP contribution in [0.25, 0.3) is 21.3 Å². The van der Waals surface area contributed by atoms with Gasteiger partial charge in [-0.1, -0.05) is 60.3 Å². The number of nitro groups is 1. The van der Waals surface area contributed by atoms with E-state index in [9.17, 15) is 19.7 Å². The molecule has 176 valence electrons.